The third-order valence-corrected chi connectivity index (χ3v) is 4.64. The highest BCUT2D eigenvalue weighted by Gasteiger charge is 2.30. The molecule has 6 nitrogen and oxygen atoms in total. The lowest BCUT2D eigenvalue weighted by molar-refractivity contribution is -0.156. The number of carbonyl (C=O) groups excluding carboxylic acids is 3. The van der Waals surface area contributed by atoms with Crippen LogP contribution in [0.1, 0.15) is 37.6 Å². The summed E-state index contributed by atoms with van der Waals surface area (Å²) in [6.45, 7) is 4.99. The van der Waals surface area contributed by atoms with Gasteiger partial charge in [0.2, 0.25) is 0 Å². The number of carbonyl (C=O) groups is 3. The molecule has 3 atom stereocenters. The maximum atomic E-state index is 13.3. The van der Waals surface area contributed by atoms with Crippen LogP contribution in [0.15, 0.2) is 48.5 Å². The number of rotatable bonds is 8. The van der Waals surface area contributed by atoms with Gasteiger partial charge in [-0.2, -0.15) is 0 Å². The Hall–Kier alpha value is -3.29. The first kappa shape index (κ1) is 23.0. The van der Waals surface area contributed by atoms with Crippen LogP contribution in [0.3, 0.4) is 0 Å². The second kappa shape index (κ2) is 10.5. The fraction of sp³-hybridized carbons (Fsp3) is 0.318. The first-order chi connectivity index (χ1) is 14.2. The van der Waals surface area contributed by atoms with Gasteiger partial charge in [0.05, 0.1) is 0 Å². The van der Waals surface area contributed by atoms with Crippen LogP contribution < -0.4 is 10.6 Å². The standard InChI is InChI=1S/C22H24F2N2O4/c1-4-13(2)19(26-21(28)15-8-6-5-7-9-15)22(29)30-14(3)20(27)25-16-10-11-17(23)18(24)12-16/h5-14,19H,4H2,1-3H3,(H,25,27)(H,26,28)/t13-,14-,19-/m0/s1. The molecule has 2 amide bonds. The predicted octanol–water partition coefficient (Wildman–Crippen LogP) is 3.68. The molecule has 2 N–H and O–H groups in total. The Kier molecular flexibility index (Phi) is 8.03. The molecule has 0 aliphatic carbocycles. The Balaban J connectivity index is 2.03. The summed E-state index contributed by atoms with van der Waals surface area (Å²) in [6, 6.07) is 10.3. The lowest BCUT2D eigenvalue weighted by atomic mass is 9.98. The van der Waals surface area contributed by atoms with Crippen LogP contribution in [0, 0.1) is 17.6 Å². The molecule has 2 rings (SSSR count). The molecule has 30 heavy (non-hydrogen) atoms. The van der Waals surface area contributed by atoms with Gasteiger partial charge in [0.1, 0.15) is 6.04 Å². The van der Waals surface area contributed by atoms with E-state index in [2.05, 4.69) is 10.6 Å². The van der Waals surface area contributed by atoms with Gasteiger partial charge in [-0.1, -0.05) is 38.5 Å². The quantitative estimate of drug-likeness (QED) is 0.641. The Labute approximate surface area is 173 Å². The van der Waals surface area contributed by atoms with Gasteiger partial charge in [0.15, 0.2) is 17.7 Å². The molecular weight excluding hydrogens is 394 g/mol. The Morgan fingerprint density at radius 3 is 2.27 bits per heavy atom. The van der Waals surface area contributed by atoms with Crippen molar-refractivity contribution in [2.45, 2.75) is 39.3 Å². The highest BCUT2D eigenvalue weighted by atomic mass is 19.2. The van der Waals surface area contributed by atoms with E-state index < -0.39 is 41.6 Å². The van der Waals surface area contributed by atoms with E-state index in [0.717, 1.165) is 12.1 Å². The van der Waals surface area contributed by atoms with Crippen molar-refractivity contribution in [1.29, 1.82) is 0 Å². The van der Waals surface area contributed by atoms with E-state index in [0.29, 0.717) is 12.0 Å². The van der Waals surface area contributed by atoms with E-state index >= 15 is 0 Å². The lowest BCUT2D eigenvalue weighted by Gasteiger charge is -2.24. The third kappa shape index (κ3) is 6.10. The van der Waals surface area contributed by atoms with Crippen molar-refractivity contribution in [3.8, 4) is 0 Å². The number of benzene rings is 2. The van der Waals surface area contributed by atoms with Crippen LogP contribution in [-0.2, 0) is 14.3 Å². The zero-order valence-electron chi connectivity index (χ0n) is 16.9. The molecule has 0 aliphatic rings. The normalized spacial score (nSPS) is 13.6. The van der Waals surface area contributed by atoms with E-state index in [1.54, 1.807) is 37.3 Å². The number of ether oxygens (including phenoxy) is 1. The molecule has 0 aromatic heterocycles. The molecule has 0 saturated carbocycles. The molecule has 0 aliphatic heterocycles. The van der Waals surface area contributed by atoms with E-state index in [1.165, 1.54) is 13.0 Å². The van der Waals surface area contributed by atoms with Crippen LogP contribution in [0.4, 0.5) is 14.5 Å². The number of esters is 1. The number of anilines is 1. The molecule has 0 heterocycles. The monoisotopic (exact) mass is 418 g/mol. The largest absolute Gasteiger partial charge is 0.451 e. The van der Waals surface area contributed by atoms with Crippen LogP contribution in [0.2, 0.25) is 0 Å². The van der Waals surface area contributed by atoms with Crippen LogP contribution in [0.25, 0.3) is 0 Å². The van der Waals surface area contributed by atoms with Gasteiger partial charge in [0, 0.05) is 17.3 Å². The molecule has 0 spiro atoms. The molecule has 2 aromatic carbocycles. The first-order valence-corrected chi connectivity index (χ1v) is 9.55. The average Bonchev–Trinajstić information content (AvgIpc) is 2.74. The number of halogens is 2. The van der Waals surface area contributed by atoms with Crippen molar-refractivity contribution in [1.82, 2.24) is 5.32 Å². The topological polar surface area (TPSA) is 84.5 Å². The third-order valence-electron chi connectivity index (χ3n) is 4.64. The lowest BCUT2D eigenvalue weighted by Crippen LogP contribution is -2.47. The Morgan fingerprint density at radius 1 is 1.00 bits per heavy atom. The Bertz CT molecular complexity index is 905. The summed E-state index contributed by atoms with van der Waals surface area (Å²) in [4.78, 5) is 37.3. The highest BCUT2D eigenvalue weighted by Crippen LogP contribution is 2.15. The highest BCUT2D eigenvalue weighted by molar-refractivity contribution is 5.98. The first-order valence-electron chi connectivity index (χ1n) is 9.55. The van der Waals surface area contributed by atoms with E-state index in [4.69, 9.17) is 4.74 Å². The van der Waals surface area contributed by atoms with E-state index in [1.807, 2.05) is 6.92 Å². The summed E-state index contributed by atoms with van der Waals surface area (Å²) >= 11 is 0. The van der Waals surface area contributed by atoms with Crippen molar-refractivity contribution < 1.29 is 27.9 Å². The average molecular weight is 418 g/mol. The minimum atomic E-state index is -1.22. The van der Waals surface area contributed by atoms with Gasteiger partial charge >= 0.3 is 5.97 Å². The maximum Gasteiger partial charge on any atom is 0.329 e. The smallest absolute Gasteiger partial charge is 0.329 e. The van der Waals surface area contributed by atoms with Gasteiger partial charge in [-0.25, -0.2) is 13.6 Å². The summed E-state index contributed by atoms with van der Waals surface area (Å²) < 4.78 is 31.5. The summed E-state index contributed by atoms with van der Waals surface area (Å²) in [5, 5.41) is 5.01. The van der Waals surface area contributed by atoms with Crippen molar-refractivity contribution in [2.24, 2.45) is 5.92 Å². The zero-order chi connectivity index (χ0) is 22.3. The van der Waals surface area contributed by atoms with E-state index in [9.17, 15) is 23.2 Å². The SMILES string of the molecule is CC[C@H](C)[C@H](NC(=O)c1ccccc1)C(=O)O[C@@H](C)C(=O)Nc1ccc(F)c(F)c1. The number of nitrogens with one attached hydrogen (secondary N) is 2. The summed E-state index contributed by atoms with van der Waals surface area (Å²) in [6.07, 6.45) is -0.629. The minimum absolute atomic E-state index is 0.0256. The molecule has 2 aromatic rings. The Morgan fingerprint density at radius 2 is 1.67 bits per heavy atom. The van der Waals surface area contributed by atoms with Crippen molar-refractivity contribution in [3.05, 3.63) is 65.7 Å². The minimum Gasteiger partial charge on any atom is -0.451 e. The number of hydrogen-bond donors (Lipinski definition) is 2. The van der Waals surface area contributed by atoms with E-state index in [-0.39, 0.29) is 11.6 Å². The van der Waals surface area contributed by atoms with Gasteiger partial charge in [-0.15, -0.1) is 0 Å². The summed E-state index contributed by atoms with van der Waals surface area (Å²) in [5.41, 5.74) is 0.417. The molecule has 0 fully saturated rings. The van der Waals surface area contributed by atoms with Gasteiger partial charge in [-0.3, -0.25) is 9.59 Å². The second-order valence-electron chi connectivity index (χ2n) is 6.90. The molecule has 160 valence electrons. The zero-order valence-corrected chi connectivity index (χ0v) is 16.9. The number of hydrogen-bond acceptors (Lipinski definition) is 4. The molecule has 0 bridgehead atoms. The van der Waals surface area contributed by atoms with Gasteiger partial charge in [0.25, 0.3) is 11.8 Å². The van der Waals surface area contributed by atoms with Crippen molar-refractivity contribution in [2.75, 3.05) is 5.32 Å². The van der Waals surface area contributed by atoms with Crippen molar-refractivity contribution in [3.63, 3.8) is 0 Å². The fourth-order valence-electron chi connectivity index (χ4n) is 2.60. The summed E-state index contributed by atoms with van der Waals surface area (Å²) in [5.74, 6) is -4.31. The molecule has 0 saturated heterocycles. The predicted molar refractivity (Wildman–Crippen MR) is 108 cm³/mol. The van der Waals surface area contributed by atoms with Crippen molar-refractivity contribution >= 4 is 23.5 Å². The van der Waals surface area contributed by atoms with Crippen LogP contribution in [-0.4, -0.2) is 29.9 Å². The van der Waals surface area contributed by atoms with Crippen LogP contribution >= 0.6 is 0 Å². The van der Waals surface area contributed by atoms with Gasteiger partial charge in [-0.05, 0) is 37.1 Å². The molecule has 0 unspecified atom stereocenters. The fourth-order valence-corrected chi connectivity index (χ4v) is 2.60. The summed E-state index contributed by atoms with van der Waals surface area (Å²) in [7, 11) is 0. The van der Waals surface area contributed by atoms with Gasteiger partial charge < -0.3 is 15.4 Å². The molecule has 8 heteroatoms. The van der Waals surface area contributed by atoms with Crippen LogP contribution in [0.5, 0.6) is 0 Å². The molecular formula is C22H24F2N2O4. The second-order valence-corrected chi connectivity index (χ2v) is 6.90. The maximum absolute atomic E-state index is 13.3. The molecule has 0 radical (unpaired) electrons. The number of amides is 2.